The van der Waals surface area contributed by atoms with Crippen LogP contribution in [0.1, 0.15) is 25.0 Å². The van der Waals surface area contributed by atoms with E-state index >= 15 is 0 Å². The minimum absolute atomic E-state index is 0.175. The molecule has 0 amide bonds. The summed E-state index contributed by atoms with van der Waals surface area (Å²) in [6.45, 7) is 4.46. The molecule has 0 unspecified atom stereocenters. The van der Waals surface area contributed by atoms with Gasteiger partial charge >= 0.3 is 0 Å². The SMILES string of the molecule is CC1(C)Cc2cccc(OCCNS(=O)(=O)/C=C/c3ccccc3)c2O1. The highest BCUT2D eigenvalue weighted by Gasteiger charge is 2.32. The Morgan fingerprint density at radius 3 is 2.69 bits per heavy atom. The van der Waals surface area contributed by atoms with Gasteiger partial charge in [0.1, 0.15) is 12.2 Å². The third-order valence-electron chi connectivity index (χ3n) is 3.96. The van der Waals surface area contributed by atoms with Crippen molar-refractivity contribution in [3.63, 3.8) is 0 Å². The fourth-order valence-corrected chi connectivity index (χ4v) is 3.63. The number of nitrogens with one attached hydrogen (secondary N) is 1. The fourth-order valence-electron chi connectivity index (χ4n) is 2.83. The molecule has 6 heteroatoms. The van der Waals surface area contributed by atoms with Crippen LogP contribution in [0.15, 0.2) is 53.9 Å². The van der Waals surface area contributed by atoms with Gasteiger partial charge in [-0.1, -0.05) is 42.5 Å². The Bertz CT molecular complexity index is 889. The molecule has 0 aliphatic carbocycles. The molecule has 138 valence electrons. The molecule has 0 saturated heterocycles. The van der Waals surface area contributed by atoms with Crippen LogP contribution in [-0.4, -0.2) is 27.2 Å². The minimum atomic E-state index is -3.51. The number of sulfonamides is 1. The van der Waals surface area contributed by atoms with Crippen molar-refractivity contribution in [2.75, 3.05) is 13.2 Å². The number of hydrogen-bond acceptors (Lipinski definition) is 4. The highest BCUT2D eigenvalue weighted by molar-refractivity contribution is 7.92. The van der Waals surface area contributed by atoms with Gasteiger partial charge in [-0.15, -0.1) is 0 Å². The summed E-state index contributed by atoms with van der Waals surface area (Å²) >= 11 is 0. The summed E-state index contributed by atoms with van der Waals surface area (Å²) in [4.78, 5) is 0. The number of hydrogen-bond donors (Lipinski definition) is 1. The van der Waals surface area contributed by atoms with E-state index in [0.717, 1.165) is 28.7 Å². The second-order valence-corrected chi connectivity index (χ2v) is 8.44. The molecular weight excluding hydrogens is 350 g/mol. The second kappa shape index (κ2) is 7.51. The number of ether oxygens (including phenoxy) is 2. The lowest BCUT2D eigenvalue weighted by atomic mass is 10.0. The molecule has 1 heterocycles. The molecule has 0 saturated carbocycles. The largest absolute Gasteiger partial charge is 0.488 e. The van der Waals surface area contributed by atoms with Crippen molar-refractivity contribution in [1.82, 2.24) is 4.72 Å². The lowest BCUT2D eigenvalue weighted by Gasteiger charge is -2.18. The predicted molar refractivity (Wildman–Crippen MR) is 103 cm³/mol. The van der Waals surface area contributed by atoms with Crippen LogP contribution in [0, 0.1) is 0 Å². The van der Waals surface area contributed by atoms with Gasteiger partial charge in [-0.2, -0.15) is 0 Å². The standard InChI is InChI=1S/C20H23NO4S/c1-20(2)15-17-9-6-10-18(19(17)25-20)24-13-12-21-26(22,23)14-11-16-7-4-3-5-8-16/h3-11,14,21H,12-13,15H2,1-2H3/b14-11+. The first-order chi connectivity index (χ1) is 12.3. The quantitative estimate of drug-likeness (QED) is 0.756. The van der Waals surface area contributed by atoms with Gasteiger partial charge in [0.2, 0.25) is 10.0 Å². The molecule has 1 aliphatic heterocycles. The van der Waals surface area contributed by atoms with E-state index < -0.39 is 10.0 Å². The number of rotatable bonds is 7. The van der Waals surface area contributed by atoms with Crippen molar-refractivity contribution in [2.45, 2.75) is 25.9 Å². The van der Waals surface area contributed by atoms with E-state index in [1.807, 2.05) is 62.4 Å². The van der Waals surface area contributed by atoms with Crippen LogP contribution >= 0.6 is 0 Å². The molecule has 1 N–H and O–H groups in total. The van der Waals surface area contributed by atoms with Crippen LogP contribution in [-0.2, 0) is 16.4 Å². The van der Waals surface area contributed by atoms with Crippen molar-refractivity contribution in [2.24, 2.45) is 0 Å². The molecule has 0 atom stereocenters. The van der Waals surface area contributed by atoms with E-state index in [-0.39, 0.29) is 18.8 Å². The third-order valence-corrected chi connectivity index (χ3v) is 5.06. The fraction of sp³-hybridized carbons (Fsp3) is 0.300. The Morgan fingerprint density at radius 1 is 1.15 bits per heavy atom. The zero-order chi connectivity index (χ0) is 18.6. The van der Waals surface area contributed by atoms with Crippen LogP contribution < -0.4 is 14.2 Å². The predicted octanol–water partition coefficient (Wildman–Crippen LogP) is 3.37. The second-order valence-electron chi connectivity index (χ2n) is 6.78. The normalized spacial score (nSPS) is 15.6. The topological polar surface area (TPSA) is 64.6 Å². The molecule has 0 bridgehead atoms. The van der Waals surface area contributed by atoms with Crippen LogP contribution in [0.3, 0.4) is 0 Å². The highest BCUT2D eigenvalue weighted by Crippen LogP contribution is 2.41. The zero-order valence-electron chi connectivity index (χ0n) is 14.9. The summed E-state index contributed by atoms with van der Waals surface area (Å²) in [6, 6.07) is 15.1. The van der Waals surface area contributed by atoms with Crippen molar-refractivity contribution < 1.29 is 17.9 Å². The summed E-state index contributed by atoms with van der Waals surface area (Å²) in [5.74, 6) is 1.40. The van der Waals surface area contributed by atoms with Gasteiger partial charge in [0.25, 0.3) is 0 Å². The van der Waals surface area contributed by atoms with Gasteiger partial charge in [0.05, 0.1) is 0 Å². The minimum Gasteiger partial charge on any atom is -0.488 e. The molecule has 3 rings (SSSR count). The summed E-state index contributed by atoms with van der Waals surface area (Å²) in [7, 11) is -3.51. The summed E-state index contributed by atoms with van der Waals surface area (Å²) in [5.41, 5.74) is 1.69. The first kappa shape index (κ1) is 18.5. The van der Waals surface area contributed by atoms with Crippen molar-refractivity contribution in [3.8, 4) is 11.5 Å². The molecular formula is C20H23NO4S. The molecule has 0 radical (unpaired) electrons. The van der Waals surface area contributed by atoms with Gasteiger partial charge in [0.15, 0.2) is 11.5 Å². The number of fused-ring (bicyclic) bond motifs is 1. The maximum absolute atomic E-state index is 12.0. The molecule has 1 aliphatic rings. The molecule has 5 nitrogen and oxygen atoms in total. The lowest BCUT2D eigenvalue weighted by molar-refractivity contribution is 0.132. The Morgan fingerprint density at radius 2 is 1.92 bits per heavy atom. The summed E-state index contributed by atoms with van der Waals surface area (Å²) in [5, 5.41) is 1.16. The molecule has 0 fully saturated rings. The summed E-state index contributed by atoms with van der Waals surface area (Å²) < 4.78 is 38.2. The van der Waals surface area contributed by atoms with Gasteiger partial charge in [-0.05, 0) is 31.6 Å². The maximum atomic E-state index is 12.0. The van der Waals surface area contributed by atoms with Gasteiger partial charge in [-0.3, -0.25) is 0 Å². The Labute approximate surface area is 154 Å². The van der Waals surface area contributed by atoms with Crippen molar-refractivity contribution >= 4 is 16.1 Å². The Balaban J connectivity index is 1.52. The van der Waals surface area contributed by atoms with Crippen molar-refractivity contribution in [3.05, 3.63) is 65.1 Å². The molecule has 26 heavy (non-hydrogen) atoms. The van der Waals surface area contributed by atoms with Crippen LogP contribution in [0.2, 0.25) is 0 Å². The Kier molecular flexibility index (Phi) is 5.34. The van der Waals surface area contributed by atoms with Gasteiger partial charge in [-0.25, -0.2) is 13.1 Å². The average molecular weight is 373 g/mol. The van der Waals surface area contributed by atoms with Gasteiger partial charge < -0.3 is 9.47 Å². The number of para-hydroxylation sites is 1. The van der Waals surface area contributed by atoms with Crippen LogP contribution in [0.4, 0.5) is 0 Å². The molecule has 2 aromatic carbocycles. The first-order valence-corrected chi connectivity index (χ1v) is 10.1. The molecule has 2 aromatic rings. The van der Waals surface area contributed by atoms with Crippen molar-refractivity contribution in [1.29, 1.82) is 0 Å². The first-order valence-electron chi connectivity index (χ1n) is 8.51. The van der Waals surface area contributed by atoms with Crippen LogP contribution in [0.25, 0.3) is 6.08 Å². The monoisotopic (exact) mass is 373 g/mol. The average Bonchev–Trinajstić information content (AvgIpc) is 2.92. The van der Waals surface area contributed by atoms with E-state index in [4.69, 9.17) is 9.47 Å². The third kappa shape index (κ3) is 4.86. The lowest BCUT2D eigenvalue weighted by Crippen LogP contribution is -2.26. The molecule has 0 aromatic heterocycles. The van der Waals surface area contributed by atoms with Gasteiger partial charge in [0, 0.05) is 23.9 Å². The highest BCUT2D eigenvalue weighted by atomic mass is 32.2. The van der Waals surface area contributed by atoms with E-state index in [1.54, 1.807) is 6.08 Å². The zero-order valence-corrected chi connectivity index (χ0v) is 15.8. The maximum Gasteiger partial charge on any atom is 0.233 e. The van der Waals surface area contributed by atoms with E-state index in [0.29, 0.717) is 5.75 Å². The van der Waals surface area contributed by atoms with E-state index in [2.05, 4.69) is 4.72 Å². The Hall–Kier alpha value is -2.31. The molecule has 0 spiro atoms. The van der Waals surface area contributed by atoms with E-state index in [1.165, 1.54) is 0 Å². The summed E-state index contributed by atoms with van der Waals surface area (Å²) in [6.07, 6.45) is 2.39. The number of benzene rings is 2. The van der Waals surface area contributed by atoms with Crippen LogP contribution in [0.5, 0.6) is 11.5 Å². The van der Waals surface area contributed by atoms with E-state index in [9.17, 15) is 8.42 Å². The smallest absolute Gasteiger partial charge is 0.233 e.